The van der Waals surface area contributed by atoms with Gasteiger partial charge in [0.2, 0.25) is 10.0 Å². The van der Waals surface area contributed by atoms with Crippen molar-refractivity contribution < 1.29 is 8.42 Å². The first-order valence-electron chi connectivity index (χ1n) is 4.15. The molecule has 1 N–H and O–H groups in total. The van der Waals surface area contributed by atoms with E-state index < -0.39 is 10.0 Å². The molecule has 0 aliphatic heterocycles. The van der Waals surface area contributed by atoms with Crippen molar-refractivity contribution in [2.75, 3.05) is 5.75 Å². The first-order valence-corrected chi connectivity index (χ1v) is 5.80. The molecule has 0 saturated heterocycles. The second-order valence-electron chi connectivity index (χ2n) is 2.71. The van der Waals surface area contributed by atoms with Crippen LogP contribution in [0.25, 0.3) is 0 Å². The highest BCUT2D eigenvalue weighted by molar-refractivity contribution is 7.89. The quantitative estimate of drug-likeness (QED) is 0.790. The van der Waals surface area contributed by atoms with Crippen molar-refractivity contribution >= 4 is 10.0 Å². The minimum absolute atomic E-state index is 0.125. The van der Waals surface area contributed by atoms with Gasteiger partial charge in [-0.1, -0.05) is 30.3 Å². The standard InChI is InChI=1S/C9H13NO2S/c1-2-13(11,12)10-8-9-6-4-3-5-7-9/h3-7,10H,2,8H2,1H3. The number of hydrogen-bond acceptors (Lipinski definition) is 2. The summed E-state index contributed by atoms with van der Waals surface area (Å²) < 4.78 is 24.6. The molecule has 72 valence electrons. The van der Waals surface area contributed by atoms with Crippen molar-refractivity contribution in [2.24, 2.45) is 0 Å². The highest BCUT2D eigenvalue weighted by atomic mass is 32.2. The number of hydrogen-bond donors (Lipinski definition) is 1. The van der Waals surface area contributed by atoms with Gasteiger partial charge in [-0.25, -0.2) is 13.1 Å². The zero-order valence-electron chi connectivity index (χ0n) is 7.53. The van der Waals surface area contributed by atoms with Crippen LogP contribution in [0.4, 0.5) is 0 Å². The fourth-order valence-corrected chi connectivity index (χ4v) is 1.48. The predicted octanol–water partition coefficient (Wildman–Crippen LogP) is 1.13. The van der Waals surface area contributed by atoms with E-state index in [0.717, 1.165) is 5.56 Å². The minimum Gasteiger partial charge on any atom is -0.212 e. The normalized spacial score (nSPS) is 11.5. The van der Waals surface area contributed by atoms with Crippen LogP contribution in [-0.2, 0) is 16.6 Å². The Bertz CT molecular complexity index is 345. The molecule has 0 bridgehead atoms. The van der Waals surface area contributed by atoms with Crippen molar-refractivity contribution in [3.8, 4) is 0 Å². The lowest BCUT2D eigenvalue weighted by molar-refractivity contribution is 0.582. The van der Waals surface area contributed by atoms with Crippen molar-refractivity contribution in [3.63, 3.8) is 0 Å². The molecule has 13 heavy (non-hydrogen) atoms. The van der Waals surface area contributed by atoms with Crippen molar-refractivity contribution in [1.29, 1.82) is 0 Å². The van der Waals surface area contributed by atoms with Crippen molar-refractivity contribution in [3.05, 3.63) is 35.9 Å². The fourth-order valence-electron chi connectivity index (χ4n) is 0.891. The smallest absolute Gasteiger partial charge is 0.211 e. The second-order valence-corrected chi connectivity index (χ2v) is 4.81. The van der Waals surface area contributed by atoms with Gasteiger partial charge in [0.1, 0.15) is 0 Å². The Kier molecular flexibility index (Phi) is 3.45. The third-order valence-electron chi connectivity index (χ3n) is 1.72. The molecule has 0 aliphatic carbocycles. The molecule has 1 aromatic rings. The molecular weight excluding hydrogens is 186 g/mol. The van der Waals surface area contributed by atoms with E-state index in [0.29, 0.717) is 6.54 Å². The van der Waals surface area contributed by atoms with Crippen LogP contribution in [0.5, 0.6) is 0 Å². The number of rotatable bonds is 4. The summed E-state index contributed by atoms with van der Waals surface area (Å²) in [6, 6.07) is 9.44. The molecule has 0 saturated carbocycles. The van der Waals surface area contributed by atoms with Gasteiger partial charge in [0.25, 0.3) is 0 Å². The first-order chi connectivity index (χ1) is 6.14. The minimum atomic E-state index is -3.07. The Morgan fingerprint density at radius 1 is 1.23 bits per heavy atom. The van der Waals surface area contributed by atoms with Gasteiger partial charge in [0, 0.05) is 6.54 Å². The van der Waals surface area contributed by atoms with Crippen LogP contribution in [-0.4, -0.2) is 14.2 Å². The molecule has 0 heterocycles. The van der Waals surface area contributed by atoms with Gasteiger partial charge in [-0.3, -0.25) is 0 Å². The molecule has 0 spiro atoms. The molecule has 0 aromatic heterocycles. The Labute approximate surface area is 78.8 Å². The van der Waals surface area contributed by atoms with E-state index in [2.05, 4.69) is 4.72 Å². The van der Waals surface area contributed by atoms with E-state index in [1.165, 1.54) is 0 Å². The first kappa shape index (κ1) is 10.2. The van der Waals surface area contributed by atoms with Crippen LogP contribution in [0, 0.1) is 0 Å². The highest BCUT2D eigenvalue weighted by Gasteiger charge is 2.04. The zero-order valence-corrected chi connectivity index (χ0v) is 8.34. The average Bonchev–Trinajstić information content (AvgIpc) is 2.17. The number of benzene rings is 1. The third kappa shape index (κ3) is 3.57. The average molecular weight is 199 g/mol. The lowest BCUT2D eigenvalue weighted by Crippen LogP contribution is -2.24. The van der Waals surface area contributed by atoms with E-state index in [-0.39, 0.29) is 5.75 Å². The summed E-state index contributed by atoms with van der Waals surface area (Å²) in [5.74, 6) is 0.125. The van der Waals surface area contributed by atoms with Crippen LogP contribution >= 0.6 is 0 Å². The maximum atomic E-state index is 11.1. The summed E-state index contributed by atoms with van der Waals surface area (Å²) in [5.41, 5.74) is 0.972. The topological polar surface area (TPSA) is 46.2 Å². The van der Waals surface area contributed by atoms with Gasteiger partial charge in [0.15, 0.2) is 0 Å². The molecule has 0 aliphatic rings. The summed E-state index contributed by atoms with van der Waals surface area (Å²) in [7, 11) is -3.07. The zero-order chi connectivity index (χ0) is 9.73. The molecule has 0 atom stereocenters. The van der Waals surface area contributed by atoms with Crippen LogP contribution in [0.15, 0.2) is 30.3 Å². The second kappa shape index (κ2) is 4.39. The molecule has 1 aromatic carbocycles. The maximum absolute atomic E-state index is 11.1. The molecule has 1 rings (SSSR count). The third-order valence-corrected chi connectivity index (χ3v) is 3.06. The highest BCUT2D eigenvalue weighted by Crippen LogP contribution is 1.98. The molecule has 0 unspecified atom stereocenters. The summed E-state index contributed by atoms with van der Waals surface area (Å²) >= 11 is 0. The number of nitrogens with one attached hydrogen (secondary N) is 1. The van der Waals surface area contributed by atoms with E-state index in [9.17, 15) is 8.42 Å². The predicted molar refractivity (Wildman–Crippen MR) is 52.7 cm³/mol. The Balaban J connectivity index is 2.54. The maximum Gasteiger partial charge on any atom is 0.211 e. The summed E-state index contributed by atoms with van der Waals surface area (Å²) in [4.78, 5) is 0. The van der Waals surface area contributed by atoms with Gasteiger partial charge in [-0.2, -0.15) is 0 Å². The van der Waals surface area contributed by atoms with E-state index in [4.69, 9.17) is 0 Å². The van der Waals surface area contributed by atoms with Crippen LogP contribution < -0.4 is 4.72 Å². The van der Waals surface area contributed by atoms with Gasteiger partial charge in [-0.05, 0) is 12.5 Å². The molecular formula is C9H13NO2S. The molecule has 0 fully saturated rings. The SMILES string of the molecule is CCS(=O)(=O)NCc1ccccc1. The van der Waals surface area contributed by atoms with E-state index >= 15 is 0 Å². The van der Waals surface area contributed by atoms with E-state index in [1.54, 1.807) is 6.92 Å². The Hall–Kier alpha value is -0.870. The van der Waals surface area contributed by atoms with Crippen LogP contribution in [0.1, 0.15) is 12.5 Å². The monoisotopic (exact) mass is 199 g/mol. The molecule has 3 nitrogen and oxygen atoms in total. The fraction of sp³-hybridized carbons (Fsp3) is 0.333. The largest absolute Gasteiger partial charge is 0.212 e. The number of sulfonamides is 1. The van der Waals surface area contributed by atoms with Crippen LogP contribution in [0.3, 0.4) is 0 Å². The van der Waals surface area contributed by atoms with Gasteiger partial charge in [0.05, 0.1) is 5.75 Å². The Morgan fingerprint density at radius 3 is 2.38 bits per heavy atom. The van der Waals surface area contributed by atoms with Crippen LogP contribution in [0.2, 0.25) is 0 Å². The van der Waals surface area contributed by atoms with Gasteiger partial charge >= 0.3 is 0 Å². The van der Waals surface area contributed by atoms with Crippen molar-refractivity contribution in [1.82, 2.24) is 4.72 Å². The summed E-state index contributed by atoms with van der Waals surface area (Å²) in [6.07, 6.45) is 0. The lowest BCUT2D eigenvalue weighted by atomic mass is 10.2. The van der Waals surface area contributed by atoms with Gasteiger partial charge in [-0.15, -0.1) is 0 Å². The molecule has 4 heteroatoms. The summed E-state index contributed by atoms with van der Waals surface area (Å²) in [6.45, 7) is 1.99. The van der Waals surface area contributed by atoms with Crippen molar-refractivity contribution in [2.45, 2.75) is 13.5 Å². The lowest BCUT2D eigenvalue weighted by Gasteiger charge is -2.03. The summed E-state index contributed by atoms with van der Waals surface area (Å²) in [5, 5.41) is 0. The van der Waals surface area contributed by atoms with E-state index in [1.807, 2.05) is 30.3 Å². The molecule has 0 radical (unpaired) electrons. The molecule has 0 amide bonds. The van der Waals surface area contributed by atoms with Gasteiger partial charge < -0.3 is 0 Å². The Morgan fingerprint density at radius 2 is 1.85 bits per heavy atom.